The molecule has 1 aliphatic carbocycles. The maximum atomic E-state index is 3.90. The van der Waals surface area contributed by atoms with Crippen molar-refractivity contribution in [3.8, 4) is 11.1 Å². The Morgan fingerprint density at radius 3 is 1.39 bits per heavy atom. The molecule has 8 rings (SSSR count). The average molecular weight is 904 g/mol. The van der Waals surface area contributed by atoms with Crippen LogP contribution in [0.5, 0.6) is 0 Å². The predicted octanol–water partition coefficient (Wildman–Crippen LogP) is 14.8. The fourth-order valence-electron chi connectivity index (χ4n) is 7.98. The number of benzene rings is 6. The molecule has 0 heterocycles. The number of rotatable bonds is 2. The van der Waals surface area contributed by atoms with Crippen molar-refractivity contribution in [2.24, 2.45) is 0 Å². The minimum atomic E-state index is 0. The summed E-state index contributed by atoms with van der Waals surface area (Å²) in [7, 11) is 0. The van der Waals surface area contributed by atoms with Crippen LogP contribution in [0.1, 0.15) is 128 Å². The molecular weight excluding hydrogens is 843 g/mol. The van der Waals surface area contributed by atoms with E-state index in [0.29, 0.717) is 0 Å². The molecule has 57 heavy (non-hydrogen) atoms. The Labute approximate surface area is 378 Å². The molecule has 0 atom stereocenters. The zero-order valence-electron chi connectivity index (χ0n) is 36.4. The fourth-order valence-corrected chi connectivity index (χ4v) is 9.05. The van der Waals surface area contributed by atoms with Crippen LogP contribution in [0.4, 0.5) is 0 Å². The molecule has 2 heteroatoms. The quantitative estimate of drug-likeness (QED) is 0.152. The summed E-state index contributed by atoms with van der Waals surface area (Å²) in [5, 5.41) is 5.29. The van der Waals surface area contributed by atoms with E-state index in [0.717, 1.165) is 6.42 Å². The Morgan fingerprint density at radius 2 is 0.947 bits per heavy atom. The SMILES string of the molecule is CC(C)(C)c1[c-]c2c(cc1C(C)(C)C)-c1cc(C(C)(C)C)c(C(C)(C)C)cc1C2.[Zr+2]=[C](c1cccc2ccccc12)c1cccc2ccccc12.[Zr].c1cc[cH-]c1. The van der Waals surface area contributed by atoms with Gasteiger partial charge in [-0.05, 0) is 39.4 Å². The molecule has 0 fully saturated rings. The third-order valence-corrected chi connectivity index (χ3v) is 12.2. The van der Waals surface area contributed by atoms with Crippen LogP contribution in [0.2, 0.25) is 0 Å². The Bertz CT molecular complexity index is 2290. The second-order valence-corrected chi connectivity index (χ2v) is 20.8. The Kier molecular flexibility index (Phi) is 13.9. The van der Waals surface area contributed by atoms with Gasteiger partial charge in [0.2, 0.25) is 0 Å². The second-order valence-electron chi connectivity index (χ2n) is 19.6. The molecule has 1 aliphatic rings. The molecule has 288 valence electrons. The van der Waals surface area contributed by atoms with Crippen molar-refractivity contribution >= 4 is 24.8 Å². The minimum absolute atomic E-state index is 0. The van der Waals surface area contributed by atoms with Crippen LogP contribution in [0.25, 0.3) is 32.7 Å². The molecule has 7 aromatic rings. The van der Waals surface area contributed by atoms with Crippen molar-refractivity contribution < 1.29 is 50.4 Å². The summed E-state index contributed by atoms with van der Waals surface area (Å²) in [6, 6.07) is 51.8. The topological polar surface area (TPSA) is 0 Å². The first-order valence-electron chi connectivity index (χ1n) is 20.2. The molecular formula is C55H60Zr2. The van der Waals surface area contributed by atoms with Crippen molar-refractivity contribution in [3.05, 3.63) is 184 Å². The molecule has 0 unspecified atom stereocenters. The van der Waals surface area contributed by atoms with Crippen molar-refractivity contribution in [1.82, 2.24) is 0 Å². The van der Waals surface area contributed by atoms with E-state index in [1.54, 1.807) is 0 Å². The van der Waals surface area contributed by atoms with Gasteiger partial charge < -0.3 is 0 Å². The normalized spacial score (nSPS) is 12.5. The Balaban J connectivity index is 0.000000195. The molecule has 7 aromatic carbocycles. The molecule has 0 saturated heterocycles. The largest absolute Gasteiger partial charge is 0.214 e. The van der Waals surface area contributed by atoms with E-state index in [1.807, 2.05) is 30.3 Å². The van der Waals surface area contributed by atoms with E-state index in [4.69, 9.17) is 0 Å². The van der Waals surface area contributed by atoms with Crippen molar-refractivity contribution in [2.45, 2.75) is 111 Å². The van der Waals surface area contributed by atoms with Gasteiger partial charge in [0.1, 0.15) is 0 Å². The maximum absolute atomic E-state index is 3.90. The number of fused-ring (bicyclic) bond motifs is 5. The number of hydrogen-bond donors (Lipinski definition) is 0. The van der Waals surface area contributed by atoms with Gasteiger partial charge in [0.05, 0.1) is 0 Å². The Morgan fingerprint density at radius 1 is 0.509 bits per heavy atom. The molecule has 0 N–H and O–H groups in total. The van der Waals surface area contributed by atoms with Gasteiger partial charge in [0, 0.05) is 26.2 Å². The van der Waals surface area contributed by atoms with Crippen LogP contribution in [0, 0.1) is 6.07 Å². The van der Waals surface area contributed by atoms with Crippen LogP contribution in [-0.4, -0.2) is 3.21 Å². The van der Waals surface area contributed by atoms with Gasteiger partial charge in [0.15, 0.2) is 0 Å². The van der Waals surface area contributed by atoms with Crippen LogP contribution >= 0.6 is 0 Å². The van der Waals surface area contributed by atoms with E-state index >= 15 is 0 Å². The summed E-state index contributed by atoms with van der Waals surface area (Å²) >= 11 is 1.44. The minimum Gasteiger partial charge on any atom is -0.214 e. The van der Waals surface area contributed by atoms with E-state index < -0.39 is 0 Å². The fraction of sp³-hybridized carbons (Fsp3) is 0.309. The first kappa shape index (κ1) is 44.9. The van der Waals surface area contributed by atoms with Crippen molar-refractivity contribution in [2.75, 3.05) is 0 Å². The van der Waals surface area contributed by atoms with Crippen molar-refractivity contribution in [3.63, 3.8) is 0 Å². The third kappa shape index (κ3) is 10.2. The second kappa shape index (κ2) is 17.6. The van der Waals surface area contributed by atoms with Crippen LogP contribution < -0.4 is 0 Å². The summed E-state index contributed by atoms with van der Waals surface area (Å²) in [5.74, 6) is 0. The Hall–Kier alpha value is -3.17. The third-order valence-electron chi connectivity index (χ3n) is 10.9. The van der Waals surface area contributed by atoms with Crippen LogP contribution in [-0.2, 0) is 78.5 Å². The van der Waals surface area contributed by atoms with E-state index in [1.165, 1.54) is 105 Å². The molecule has 0 aromatic heterocycles. The van der Waals surface area contributed by atoms with Gasteiger partial charge in [-0.2, -0.15) is 35.9 Å². The molecule has 0 bridgehead atoms. The predicted molar refractivity (Wildman–Crippen MR) is 241 cm³/mol. The first-order chi connectivity index (χ1) is 26.2. The van der Waals surface area contributed by atoms with Crippen LogP contribution in [0.3, 0.4) is 0 Å². The number of hydrogen-bond acceptors (Lipinski definition) is 0. The zero-order valence-corrected chi connectivity index (χ0v) is 41.3. The van der Waals surface area contributed by atoms with E-state index in [-0.39, 0.29) is 47.9 Å². The van der Waals surface area contributed by atoms with E-state index in [2.05, 4.69) is 192 Å². The van der Waals surface area contributed by atoms with Gasteiger partial charge in [-0.25, -0.2) is 12.1 Å². The van der Waals surface area contributed by atoms with Crippen LogP contribution in [0.15, 0.2) is 133 Å². The molecule has 0 nitrogen and oxygen atoms in total. The van der Waals surface area contributed by atoms with Gasteiger partial charge in [0.25, 0.3) is 0 Å². The molecule has 0 amide bonds. The smallest absolute Gasteiger partial charge is 0 e. The molecule has 0 aliphatic heterocycles. The van der Waals surface area contributed by atoms with Gasteiger partial charge in [-0.15, -0.1) is 16.7 Å². The summed E-state index contributed by atoms with van der Waals surface area (Å²) in [4.78, 5) is 0. The molecule has 0 radical (unpaired) electrons. The average Bonchev–Trinajstić information content (AvgIpc) is 3.84. The summed E-state index contributed by atoms with van der Waals surface area (Å²) in [5.41, 5.74) is 14.7. The van der Waals surface area contributed by atoms with Crippen molar-refractivity contribution in [1.29, 1.82) is 0 Å². The molecule has 0 saturated carbocycles. The van der Waals surface area contributed by atoms with Gasteiger partial charge in [-0.1, -0.05) is 106 Å². The van der Waals surface area contributed by atoms with E-state index in [9.17, 15) is 0 Å². The maximum Gasteiger partial charge on any atom is 0 e. The summed E-state index contributed by atoms with van der Waals surface area (Å²) in [6.07, 6.45) is 1.01. The van der Waals surface area contributed by atoms with Gasteiger partial charge in [-0.3, -0.25) is 0 Å². The first-order valence-corrected chi connectivity index (χ1v) is 21.5. The monoisotopic (exact) mass is 900 g/mol. The van der Waals surface area contributed by atoms with Gasteiger partial charge >= 0.3 is 145 Å². The summed E-state index contributed by atoms with van der Waals surface area (Å²) in [6.45, 7) is 28.0. The summed E-state index contributed by atoms with van der Waals surface area (Å²) < 4.78 is 1.42. The standard InChI is InChI=1S/C29H41.C21H14.C5H5.2Zr/c1-26(2,3)22-14-18-13-19-15-23(27(4,5)6)25(29(10,11)12)17-21(19)20(18)16-24(22)28(7,8)9;1-3-13-20-16(7-1)9-5-11-18(20)15-19-12-6-10-17-8-2-4-14-21(17)19;1-2-4-5-3-1;;/h14,16-17H,13H2,1-12H3;1-14H;1-5H;;/q-1;;-1;;+2. The molecule has 0 spiro atoms. The zero-order chi connectivity index (χ0) is 40.6.